The predicted octanol–water partition coefficient (Wildman–Crippen LogP) is 0.800. The summed E-state index contributed by atoms with van der Waals surface area (Å²) < 4.78 is 0. The maximum Gasteiger partial charge on any atom is 0.136 e. The third-order valence-electron chi connectivity index (χ3n) is 2.05. The predicted molar refractivity (Wildman–Crippen MR) is 33.0 cm³/mol. The van der Waals surface area contributed by atoms with Crippen LogP contribution in [-0.2, 0) is 9.59 Å². The van der Waals surface area contributed by atoms with E-state index in [0.29, 0.717) is 6.42 Å². The molecule has 0 bridgehead atoms. The largest absolute Gasteiger partial charge is 0.303 e. The van der Waals surface area contributed by atoms with E-state index in [2.05, 4.69) is 0 Å². The Bertz CT molecular complexity index is 140. The van der Waals surface area contributed by atoms with Gasteiger partial charge in [0.05, 0.1) is 0 Å². The Labute approximate surface area is 54.2 Å². The molecule has 1 rings (SSSR count). The summed E-state index contributed by atoms with van der Waals surface area (Å²) in [7, 11) is 0. The summed E-state index contributed by atoms with van der Waals surface area (Å²) >= 11 is 0. The summed E-state index contributed by atoms with van der Waals surface area (Å²) in [6.45, 7) is 1.83. The lowest BCUT2D eigenvalue weighted by atomic mass is 10.00. The zero-order chi connectivity index (χ0) is 6.85. The molecule has 0 spiro atoms. The lowest BCUT2D eigenvalue weighted by molar-refractivity contribution is -0.122. The SMILES string of the molecule is C[C@H]1C(=O)CC[C@H]1C=O. The van der Waals surface area contributed by atoms with Crippen LogP contribution in [-0.4, -0.2) is 12.1 Å². The van der Waals surface area contributed by atoms with E-state index in [-0.39, 0.29) is 17.6 Å². The van der Waals surface area contributed by atoms with Crippen molar-refractivity contribution in [2.75, 3.05) is 0 Å². The molecule has 0 unspecified atom stereocenters. The van der Waals surface area contributed by atoms with Gasteiger partial charge in [-0.2, -0.15) is 0 Å². The van der Waals surface area contributed by atoms with Crippen molar-refractivity contribution < 1.29 is 9.59 Å². The van der Waals surface area contributed by atoms with Gasteiger partial charge in [0, 0.05) is 18.3 Å². The number of carbonyl (C=O) groups is 2. The van der Waals surface area contributed by atoms with Crippen molar-refractivity contribution in [3.63, 3.8) is 0 Å². The summed E-state index contributed by atoms with van der Waals surface area (Å²) in [5.74, 6) is 0.243. The molecule has 1 aliphatic carbocycles. The fourth-order valence-electron chi connectivity index (χ4n) is 1.21. The van der Waals surface area contributed by atoms with Crippen LogP contribution in [0.15, 0.2) is 0 Å². The zero-order valence-electron chi connectivity index (χ0n) is 5.46. The first kappa shape index (κ1) is 6.46. The molecular formula is C7H10O2. The fourth-order valence-corrected chi connectivity index (χ4v) is 1.21. The van der Waals surface area contributed by atoms with Crippen molar-refractivity contribution in [1.29, 1.82) is 0 Å². The Morgan fingerprint density at radius 2 is 2.33 bits per heavy atom. The number of Topliss-reactive ketones (excluding diaryl/α,β-unsaturated/α-hetero) is 1. The van der Waals surface area contributed by atoms with Crippen molar-refractivity contribution in [2.45, 2.75) is 19.8 Å². The van der Waals surface area contributed by atoms with Crippen molar-refractivity contribution in [2.24, 2.45) is 11.8 Å². The molecule has 0 aromatic rings. The van der Waals surface area contributed by atoms with Crippen LogP contribution in [0.25, 0.3) is 0 Å². The first-order chi connectivity index (χ1) is 4.25. The maximum atomic E-state index is 10.8. The molecule has 2 atom stereocenters. The van der Waals surface area contributed by atoms with Gasteiger partial charge in [0.15, 0.2) is 0 Å². The normalized spacial score (nSPS) is 35.0. The molecule has 0 aromatic heterocycles. The van der Waals surface area contributed by atoms with Gasteiger partial charge < -0.3 is 4.79 Å². The molecule has 0 aliphatic heterocycles. The van der Waals surface area contributed by atoms with Crippen molar-refractivity contribution in [3.05, 3.63) is 0 Å². The minimum absolute atomic E-state index is 0.0116. The van der Waals surface area contributed by atoms with E-state index < -0.39 is 0 Å². The van der Waals surface area contributed by atoms with Gasteiger partial charge >= 0.3 is 0 Å². The van der Waals surface area contributed by atoms with Crippen molar-refractivity contribution >= 4 is 12.1 Å². The van der Waals surface area contributed by atoms with Crippen LogP contribution in [0.4, 0.5) is 0 Å². The smallest absolute Gasteiger partial charge is 0.136 e. The summed E-state index contributed by atoms with van der Waals surface area (Å²) in [6, 6.07) is 0. The molecule has 1 aliphatic rings. The summed E-state index contributed by atoms with van der Waals surface area (Å²) in [5, 5.41) is 0. The third kappa shape index (κ3) is 1.02. The first-order valence-corrected chi connectivity index (χ1v) is 3.23. The van der Waals surface area contributed by atoms with Gasteiger partial charge in [-0.15, -0.1) is 0 Å². The Kier molecular flexibility index (Phi) is 1.65. The molecule has 9 heavy (non-hydrogen) atoms. The highest BCUT2D eigenvalue weighted by Gasteiger charge is 2.29. The van der Waals surface area contributed by atoms with Gasteiger partial charge in [-0.25, -0.2) is 0 Å². The quantitative estimate of drug-likeness (QED) is 0.487. The summed E-state index contributed by atoms with van der Waals surface area (Å²) in [4.78, 5) is 21.0. The molecule has 0 radical (unpaired) electrons. The van der Waals surface area contributed by atoms with Crippen LogP contribution in [0.3, 0.4) is 0 Å². The van der Waals surface area contributed by atoms with Crippen LogP contribution in [0.2, 0.25) is 0 Å². The Morgan fingerprint density at radius 3 is 2.56 bits per heavy atom. The highest BCUT2D eigenvalue weighted by molar-refractivity contribution is 5.86. The average molecular weight is 126 g/mol. The molecule has 0 aromatic carbocycles. The van der Waals surface area contributed by atoms with Gasteiger partial charge in [-0.1, -0.05) is 6.92 Å². The standard InChI is InChI=1S/C7H10O2/c1-5-6(4-8)2-3-7(5)9/h4-6H,2-3H2,1H3/t5-,6+/m1/s1. The highest BCUT2D eigenvalue weighted by atomic mass is 16.1. The number of aldehydes is 1. The molecule has 2 nitrogen and oxygen atoms in total. The van der Waals surface area contributed by atoms with Crippen LogP contribution in [0.5, 0.6) is 0 Å². The molecular weight excluding hydrogens is 116 g/mol. The van der Waals surface area contributed by atoms with E-state index in [1.54, 1.807) is 0 Å². The highest BCUT2D eigenvalue weighted by Crippen LogP contribution is 2.25. The van der Waals surface area contributed by atoms with Gasteiger partial charge in [-0.3, -0.25) is 4.79 Å². The first-order valence-electron chi connectivity index (χ1n) is 3.23. The van der Waals surface area contributed by atoms with Gasteiger partial charge in [0.2, 0.25) is 0 Å². The molecule has 0 N–H and O–H groups in total. The maximum absolute atomic E-state index is 10.8. The molecule has 0 saturated heterocycles. The average Bonchev–Trinajstić information content (AvgIpc) is 2.15. The van der Waals surface area contributed by atoms with Crippen molar-refractivity contribution in [1.82, 2.24) is 0 Å². The third-order valence-corrected chi connectivity index (χ3v) is 2.05. The van der Waals surface area contributed by atoms with E-state index in [4.69, 9.17) is 0 Å². The second-order valence-electron chi connectivity index (χ2n) is 2.59. The Hall–Kier alpha value is -0.660. The van der Waals surface area contributed by atoms with E-state index in [0.717, 1.165) is 12.7 Å². The van der Waals surface area contributed by atoms with E-state index in [1.165, 1.54) is 0 Å². The molecule has 1 saturated carbocycles. The second-order valence-corrected chi connectivity index (χ2v) is 2.59. The van der Waals surface area contributed by atoms with Gasteiger partial charge in [0.25, 0.3) is 0 Å². The molecule has 0 heterocycles. The lowest BCUT2D eigenvalue weighted by Gasteiger charge is -2.02. The van der Waals surface area contributed by atoms with Crippen LogP contribution in [0.1, 0.15) is 19.8 Å². The second kappa shape index (κ2) is 2.29. The topological polar surface area (TPSA) is 34.1 Å². The Morgan fingerprint density at radius 1 is 1.67 bits per heavy atom. The minimum Gasteiger partial charge on any atom is -0.303 e. The molecule has 0 amide bonds. The van der Waals surface area contributed by atoms with E-state index in [9.17, 15) is 9.59 Å². The summed E-state index contributed by atoms with van der Waals surface area (Å²) in [5.41, 5.74) is 0. The molecule has 1 fully saturated rings. The van der Waals surface area contributed by atoms with E-state index in [1.807, 2.05) is 6.92 Å². The van der Waals surface area contributed by atoms with Crippen molar-refractivity contribution in [3.8, 4) is 0 Å². The number of rotatable bonds is 1. The van der Waals surface area contributed by atoms with Crippen LogP contribution < -0.4 is 0 Å². The number of hydrogen-bond donors (Lipinski definition) is 0. The monoisotopic (exact) mass is 126 g/mol. The molecule has 2 heteroatoms. The number of hydrogen-bond acceptors (Lipinski definition) is 2. The Balaban J connectivity index is 2.61. The molecule has 50 valence electrons. The van der Waals surface area contributed by atoms with E-state index >= 15 is 0 Å². The lowest BCUT2D eigenvalue weighted by Crippen LogP contribution is -2.10. The summed E-state index contributed by atoms with van der Waals surface area (Å²) in [6.07, 6.45) is 2.27. The zero-order valence-corrected chi connectivity index (χ0v) is 5.46. The number of ketones is 1. The van der Waals surface area contributed by atoms with Gasteiger partial charge in [-0.05, 0) is 6.42 Å². The van der Waals surface area contributed by atoms with Crippen LogP contribution >= 0.6 is 0 Å². The minimum atomic E-state index is -0.0116. The fraction of sp³-hybridized carbons (Fsp3) is 0.714. The number of carbonyl (C=O) groups excluding carboxylic acids is 2. The van der Waals surface area contributed by atoms with Crippen LogP contribution in [0, 0.1) is 11.8 Å². The van der Waals surface area contributed by atoms with Gasteiger partial charge in [0.1, 0.15) is 12.1 Å².